The lowest BCUT2D eigenvalue weighted by atomic mass is 10.3. The Morgan fingerprint density at radius 2 is 2.33 bits per heavy atom. The van der Waals surface area contributed by atoms with Crippen molar-refractivity contribution < 1.29 is 14.4 Å². The highest BCUT2D eigenvalue weighted by molar-refractivity contribution is 5.02. The molecule has 5 heteroatoms. The molecule has 0 amide bonds. The van der Waals surface area contributed by atoms with Crippen molar-refractivity contribution in [2.75, 3.05) is 33.4 Å². The molecular formula is C10H18N2O3. The second-order valence-electron chi connectivity index (χ2n) is 3.50. The Bertz CT molecular complexity index is 275. The topological polar surface area (TPSA) is 58.7 Å². The van der Waals surface area contributed by atoms with E-state index in [-0.39, 0.29) is 6.61 Å². The molecule has 0 aliphatic heterocycles. The Morgan fingerprint density at radius 3 is 2.93 bits per heavy atom. The summed E-state index contributed by atoms with van der Waals surface area (Å²) >= 11 is 0. The molecule has 86 valence electrons. The molecule has 0 aliphatic carbocycles. The summed E-state index contributed by atoms with van der Waals surface area (Å²) in [5, 5.41) is 12.4. The van der Waals surface area contributed by atoms with Crippen LogP contribution >= 0.6 is 0 Å². The second kappa shape index (κ2) is 6.55. The molecule has 0 fully saturated rings. The Balaban J connectivity index is 2.15. The highest BCUT2D eigenvalue weighted by Crippen LogP contribution is 2.03. The molecule has 0 unspecified atom stereocenters. The molecule has 1 aromatic heterocycles. The predicted molar refractivity (Wildman–Crippen MR) is 55.5 cm³/mol. The van der Waals surface area contributed by atoms with Gasteiger partial charge in [0.25, 0.3) is 0 Å². The first-order chi connectivity index (χ1) is 7.22. The molecule has 1 heterocycles. The molecule has 0 atom stereocenters. The van der Waals surface area contributed by atoms with Gasteiger partial charge in [0.15, 0.2) is 0 Å². The van der Waals surface area contributed by atoms with Gasteiger partial charge in [-0.1, -0.05) is 5.16 Å². The highest BCUT2D eigenvalue weighted by atomic mass is 16.5. The van der Waals surface area contributed by atoms with E-state index in [1.165, 1.54) is 0 Å². The van der Waals surface area contributed by atoms with Crippen LogP contribution in [0.15, 0.2) is 10.6 Å². The van der Waals surface area contributed by atoms with Crippen molar-refractivity contribution in [2.24, 2.45) is 0 Å². The summed E-state index contributed by atoms with van der Waals surface area (Å²) in [7, 11) is 1.99. The maximum Gasteiger partial charge on any atom is 0.133 e. The molecule has 0 aromatic carbocycles. The summed E-state index contributed by atoms with van der Waals surface area (Å²) in [6, 6.07) is 1.92. The van der Waals surface area contributed by atoms with Gasteiger partial charge in [0.2, 0.25) is 0 Å². The summed E-state index contributed by atoms with van der Waals surface area (Å²) in [5.74, 6) is 0.829. The van der Waals surface area contributed by atoms with E-state index in [0.29, 0.717) is 13.2 Å². The fourth-order valence-corrected chi connectivity index (χ4v) is 1.24. The number of likely N-dealkylation sites (N-methyl/N-ethyl adjacent to an activating group) is 1. The van der Waals surface area contributed by atoms with Crippen LogP contribution in [0.5, 0.6) is 0 Å². The monoisotopic (exact) mass is 214 g/mol. The van der Waals surface area contributed by atoms with E-state index in [9.17, 15) is 0 Å². The number of aromatic nitrogens is 1. The van der Waals surface area contributed by atoms with E-state index in [2.05, 4.69) is 10.1 Å². The molecule has 0 spiro atoms. The van der Waals surface area contributed by atoms with Gasteiger partial charge in [-0.2, -0.15) is 0 Å². The summed E-state index contributed by atoms with van der Waals surface area (Å²) in [5.41, 5.74) is 0.928. The average Bonchev–Trinajstić information content (AvgIpc) is 2.59. The third-order valence-corrected chi connectivity index (χ3v) is 1.96. The van der Waals surface area contributed by atoms with Gasteiger partial charge in [0, 0.05) is 19.2 Å². The van der Waals surface area contributed by atoms with Gasteiger partial charge in [-0.15, -0.1) is 0 Å². The van der Waals surface area contributed by atoms with Crippen LogP contribution in [-0.2, 0) is 11.3 Å². The first-order valence-electron chi connectivity index (χ1n) is 5.01. The number of aryl methyl sites for hydroxylation is 1. The molecule has 1 rings (SSSR count). The Kier molecular flexibility index (Phi) is 5.31. The van der Waals surface area contributed by atoms with Crippen LogP contribution < -0.4 is 0 Å². The number of hydrogen-bond donors (Lipinski definition) is 1. The summed E-state index contributed by atoms with van der Waals surface area (Å²) in [6.45, 7) is 4.53. The van der Waals surface area contributed by atoms with Gasteiger partial charge in [0.05, 0.1) is 25.5 Å². The van der Waals surface area contributed by atoms with Crippen LogP contribution in [0.25, 0.3) is 0 Å². The zero-order chi connectivity index (χ0) is 11.1. The maximum absolute atomic E-state index is 8.51. The third-order valence-electron chi connectivity index (χ3n) is 1.96. The van der Waals surface area contributed by atoms with Gasteiger partial charge < -0.3 is 14.4 Å². The zero-order valence-corrected chi connectivity index (χ0v) is 9.27. The van der Waals surface area contributed by atoms with E-state index < -0.39 is 0 Å². The molecule has 5 nitrogen and oxygen atoms in total. The van der Waals surface area contributed by atoms with Gasteiger partial charge in [-0.25, -0.2) is 0 Å². The third kappa shape index (κ3) is 4.92. The van der Waals surface area contributed by atoms with Crippen molar-refractivity contribution in [3.8, 4) is 0 Å². The Hall–Kier alpha value is -0.910. The fraction of sp³-hybridized carbons (Fsp3) is 0.700. The van der Waals surface area contributed by atoms with Crippen molar-refractivity contribution in [3.63, 3.8) is 0 Å². The van der Waals surface area contributed by atoms with Crippen molar-refractivity contribution in [2.45, 2.75) is 13.5 Å². The van der Waals surface area contributed by atoms with Crippen LogP contribution in [0, 0.1) is 6.92 Å². The molecule has 0 radical (unpaired) electrons. The first kappa shape index (κ1) is 12.2. The number of hydrogen-bond acceptors (Lipinski definition) is 5. The standard InChI is InChI=1S/C10H18N2O3/c1-9-7-10(11-15-9)8-12(2)3-5-14-6-4-13/h7,13H,3-6,8H2,1-2H3. The normalized spacial score (nSPS) is 11.2. The molecular weight excluding hydrogens is 196 g/mol. The number of aliphatic hydroxyl groups is 1. The lowest BCUT2D eigenvalue weighted by molar-refractivity contribution is 0.0769. The van der Waals surface area contributed by atoms with Crippen LogP contribution in [0.1, 0.15) is 11.5 Å². The summed E-state index contributed by atoms with van der Waals surface area (Å²) in [4.78, 5) is 2.09. The Morgan fingerprint density at radius 1 is 1.53 bits per heavy atom. The zero-order valence-electron chi connectivity index (χ0n) is 9.27. The van der Waals surface area contributed by atoms with Crippen molar-refractivity contribution in [1.29, 1.82) is 0 Å². The lowest BCUT2D eigenvalue weighted by Crippen LogP contribution is -2.23. The molecule has 0 saturated heterocycles. The molecule has 0 saturated carbocycles. The minimum atomic E-state index is 0.0756. The number of rotatable bonds is 7. The van der Waals surface area contributed by atoms with Crippen molar-refractivity contribution >= 4 is 0 Å². The largest absolute Gasteiger partial charge is 0.394 e. The Labute approximate surface area is 89.6 Å². The minimum Gasteiger partial charge on any atom is -0.394 e. The molecule has 0 bridgehead atoms. The quantitative estimate of drug-likeness (QED) is 0.667. The van der Waals surface area contributed by atoms with E-state index in [1.807, 2.05) is 20.0 Å². The molecule has 1 N–H and O–H groups in total. The summed E-state index contributed by atoms with van der Waals surface area (Å²) in [6.07, 6.45) is 0. The minimum absolute atomic E-state index is 0.0756. The van der Waals surface area contributed by atoms with Crippen molar-refractivity contribution in [3.05, 3.63) is 17.5 Å². The molecule has 0 aliphatic rings. The lowest BCUT2D eigenvalue weighted by Gasteiger charge is -2.14. The van der Waals surface area contributed by atoms with Gasteiger partial charge in [0.1, 0.15) is 5.76 Å². The number of ether oxygens (including phenoxy) is 1. The average molecular weight is 214 g/mol. The number of nitrogens with zero attached hydrogens (tertiary/aromatic N) is 2. The van der Waals surface area contributed by atoms with E-state index in [4.69, 9.17) is 14.4 Å². The summed E-state index contributed by atoms with van der Waals surface area (Å²) < 4.78 is 10.1. The van der Waals surface area contributed by atoms with Crippen molar-refractivity contribution in [1.82, 2.24) is 10.1 Å². The first-order valence-corrected chi connectivity index (χ1v) is 5.01. The highest BCUT2D eigenvalue weighted by Gasteiger charge is 2.04. The van der Waals surface area contributed by atoms with Crippen LogP contribution in [0.2, 0.25) is 0 Å². The maximum atomic E-state index is 8.51. The van der Waals surface area contributed by atoms with E-state index in [1.54, 1.807) is 0 Å². The van der Waals surface area contributed by atoms with Crippen LogP contribution in [0.3, 0.4) is 0 Å². The van der Waals surface area contributed by atoms with E-state index >= 15 is 0 Å². The molecule has 15 heavy (non-hydrogen) atoms. The second-order valence-corrected chi connectivity index (χ2v) is 3.50. The number of aliphatic hydroxyl groups excluding tert-OH is 1. The predicted octanol–water partition coefficient (Wildman–Crippen LogP) is 0.424. The van der Waals surface area contributed by atoms with E-state index in [0.717, 1.165) is 24.5 Å². The SMILES string of the molecule is Cc1cc(CN(C)CCOCCO)no1. The smallest absolute Gasteiger partial charge is 0.133 e. The van der Waals surface area contributed by atoms with Gasteiger partial charge in [-0.3, -0.25) is 4.90 Å². The van der Waals surface area contributed by atoms with Gasteiger partial charge >= 0.3 is 0 Å². The van der Waals surface area contributed by atoms with Gasteiger partial charge in [-0.05, 0) is 14.0 Å². The van der Waals surface area contributed by atoms with Crippen LogP contribution in [-0.4, -0.2) is 48.6 Å². The molecule has 1 aromatic rings. The fourth-order valence-electron chi connectivity index (χ4n) is 1.24. The van der Waals surface area contributed by atoms with Crippen LogP contribution in [0.4, 0.5) is 0 Å².